The van der Waals surface area contributed by atoms with E-state index in [1.807, 2.05) is 36.5 Å². The Labute approximate surface area is 427 Å². The number of rotatable bonds is 43. The van der Waals surface area contributed by atoms with Crippen molar-refractivity contribution in [2.75, 3.05) is 13.2 Å². The summed E-state index contributed by atoms with van der Waals surface area (Å²) in [6, 6.07) is 0. The van der Waals surface area contributed by atoms with Crippen molar-refractivity contribution in [3.63, 3.8) is 0 Å². The highest BCUT2D eigenvalue weighted by molar-refractivity contribution is 5.74. The number of unbranched alkanes of at least 4 members (excludes halogenated alkanes) is 11. The summed E-state index contributed by atoms with van der Waals surface area (Å²) >= 11 is 0. The van der Waals surface area contributed by atoms with Gasteiger partial charge in [-0.3, -0.25) is 14.4 Å². The molecular weight excluding hydrogens is 901 g/mol. The molecule has 6 unspecified atom stereocenters. The van der Waals surface area contributed by atoms with Gasteiger partial charge in [-0.1, -0.05) is 182 Å². The van der Waals surface area contributed by atoms with Crippen LogP contribution >= 0.6 is 0 Å². The molecule has 12 nitrogen and oxygen atoms in total. The summed E-state index contributed by atoms with van der Waals surface area (Å²) in [4.78, 5) is 50.8. The molecule has 12 heteroatoms. The molecule has 1 aliphatic heterocycles. The Morgan fingerprint density at radius 3 is 1.41 bits per heavy atom. The molecule has 1 fully saturated rings. The van der Waals surface area contributed by atoms with Crippen LogP contribution in [0.1, 0.15) is 188 Å². The number of aliphatic carboxylic acids is 1. The minimum Gasteiger partial charge on any atom is -0.479 e. The second-order valence-corrected chi connectivity index (χ2v) is 17.7. The van der Waals surface area contributed by atoms with E-state index >= 15 is 0 Å². The highest BCUT2D eigenvalue weighted by Crippen LogP contribution is 2.26. The lowest BCUT2D eigenvalue weighted by atomic mass is 9.98. The molecule has 0 aromatic heterocycles. The van der Waals surface area contributed by atoms with E-state index in [0.29, 0.717) is 32.1 Å². The molecule has 0 spiro atoms. The fraction of sp³-hybridized carbons (Fsp3) is 0.627. The number of hydrogen-bond acceptors (Lipinski definition) is 11. The Morgan fingerprint density at radius 2 is 0.915 bits per heavy atom. The molecule has 6 atom stereocenters. The zero-order chi connectivity index (χ0) is 51.8. The van der Waals surface area contributed by atoms with Crippen LogP contribution in [-0.2, 0) is 42.9 Å². The second-order valence-electron chi connectivity index (χ2n) is 17.7. The standard InChI is InChI=1S/C59H92O12/c1-4-7-10-13-16-19-22-25-26-29-30-33-36-39-42-45-51(60)67-48-50(69-52(61)46-43-40-37-34-31-27-23-20-17-14-11-8-5-2)49-68-59-57(55(64)54(63)56(71-59)58(65)66)70-53(62)47-44-41-38-35-32-28-24-21-18-15-12-9-6-3/h8-9,11-12,17-18,20-21,25-28,31-32,37-38,40-41,50,54-57,59,63-64H,4-7,10,13-16,19,22-24,29-30,33-36,39,42-49H2,1-3H3,(H,65,66)/b11-8-,12-9-,20-17-,21-18-,26-25-,31-27-,32-28-,40-37-,41-38-. The maximum atomic E-state index is 13.0. The molecule has 0 saturated carbocycles. The van der Waals surface area contributed by atoms with Gasteiger partial charge in [-0.15, -0.1) is 0 Å². The van der Waals surface area contributed by atoms with Gasteiger partial charge in [0.2, 0.25) is 0 Å². The minimum atomic E-state index is -1.94. The van der Waals surface area contributed by atoms with Gasteiger partial charge in [0.1, 0.15) is 18.8 Å². The maximum absolute atomic E-state index is 13.0. The van der Waals surface area contributed by atoms with E-state index in [0.717, 1.165) is 77.0 Å². The van der Waals surface area contributed by atoms with Crippen LogP contribution in [0.5, 0.6) is 0 Å². The SMILES string of the molecule is CC/C=C\C/C=C\C/C=C\C/C=C\CCC(=O)OC(COC(=O)CCCCCCC/C=C\CCCCCCCC)COC1OC(C(=O)O)C(O)C(O)C1OC(=O)CC/C=C\C/C=C\C/C=C\C/C=C\CC. The van der Waals surface area contributed by atoms with Crippen LogP contribution in [0.15, 0.2) is 109 Å². The third kappa shape index (κ3) is 36.9. The first-order chi connectivity index (χ1) is 34.6. The number of carbonyl (C=O) groups is 4. The molecule has 1 saturated heterocycles. The van der Waals surface area contributed by atoms with Crippen molar-refractivity contribution in [3.8, 4) is 0 Å². The molecule has 1 rings (SSSR count). The molecule has 0 radical (unpaired) electrons. The van der Waals surface area contributed by atoms with Crippen LogP contribution in [-0.4, -0.2) is 89.2 Å². The van der Waals surface area contributed by atoms with Crippen LogP contribution in [0, 0.1) is 0 Å². The van der Waals surface area contributed by atoms with Crippen molar-refractivity contribution < 1.29 is 58.2 Å². The maximum Gasteiger partial charge on any atom is 0.335 e. The molecule has 0 aromatic carbocycles. The first kappa shape index (κ1) is 64.4. The Morgan fingerprint density at radius 1 is 0.479 bits per heavy atom. The number of aliphatic hydroxyl groups is 2. The first-order valence-electron chi connectivity index (χ1n) is 26.9. The van der Waals surface area contributed by atoms with Gasteiger partial charge in [0.05, 0.1) is 6.61 Å². The monoisotopic (exact) mass is 993 g/mol. The summed E-state index contributed by atoms with van der Waals surface area (Å²) in [5, 5.41) is 31.3. The van der Waals surface area contributed by atoms with E-state index in [1.54, 1.807) is 0 Å². The van der Waals surface area contributed by atoms with Gasteiger partial charge in [0, 0.05) is 19.3 Å². The molecule has 0 bridgehead atoms. The van der Waals surface area contributed by atoms with Crippen LogP contribution in [0.4, 0.5) is 0 Å². The van der Waals surface area contributed by atoms with E-state index in [2.05, 4.69) is 93.7 Å². The van der Waals surface area contributed by atoms with Crippen molar-refractivity contribution in [1.82, 2.24) is 0 Å². The smallest absolute Gasteiger partial charge is 0.335 e. The van der Waals surface area contributed by atoms with Crippen LogP contribution in [0.2, 0.25) is 0 Å². The lowest BCUT2D eigenvalue weighted by Crippen LogP contribution is -2.61. The molecule has 1 aliphatic rings. The van der Waals surface area contributed by atoms with Crippen LogP contribution in [0.25, 0.3) is 0 Å². The largest absolute Gasteiger partial charge is 0.479 e. The number of carbonyl (C=O) groups excluding carboxylic acids is 3. The Kier molecular flexibility index (Phi) is 42.1. The van der Waals surface area contributed by atoms with Crippen molar-refractivity contribution in [3.05, 3.63) is 109 Å². The zero-order valence-electron chi connectivity index (χ0n) is 43.7. The van der Waals surface area contributed by atoms with Gasteiger partial charge in [-0.2, -0.15) is 0 Å². The zero-order valence-corrected chi connectivity index (χ0v) is 43.7. The third-order valence-corrected chi connectivity index (χ3v) is 11.3. The van der Waals surface area contributed by atoms with Crippen molar-refractivity contribution >= 4 is 23.9 Å². The lowest BCUT2D eigenvalue weighted by molar-refractivity contribution is -0.301. The molecule has 3 N–H and O–H groups in total. The van der Waals surface area contributed by atoms with Crippen LogP contribution in [0.3, 0.4) is 0 Å². The minimum absolute atomic E-state index is 0.0268. The third-order valence-electron chi connectivity index (χ3n) is 11.3. The normalized spacial score (nSPS) is 19.4. The number of ether oxygens (including phenoxy) is 5. The molecule has 0 aromatic rings. The summed E-state index contributed by atoms with van der Waals surface area (Å²) in [5.41, 5.74) is 0. The summed E-state index contributed by atoms with van der Waals surface area (Å²) < 4.78 is 28.1. The van der Waals surface area contributed by atoms with Gasteiger partial charge >= 0.3 is 23.9 Å². The van der Waals surface area contributed by atoms with Gasteiger partial charge in [-0.25, -0.2) is 4.79 Å². The topological polar surface area (TPSA) is 175 Å². The molecule has 0 aliphatic carbocycles. The van der Waals surface area contributed by atoms with E-state index in [1.165, 1.54) is 38.5 Å². The Hall–Kier alpha value is -4.62. The van der Waals surface area contributed by atoms with Gasteiger partial charge in [0.15, 0.2) is 24.6 Å². The second kappa shape index (κ2) is 46.5. The predicted molar refractivity (Wildman–Crippen MR) is 284 cm³/mol. The van der Waals surface area contributed by atoms with E-state index in [9.17, 15) is 34.5 Å². The predicted octanol–water partition coefficient (Wildman–Crippen LogP) is 13.1. The number of carboxylic acid groups (broad SMARTS) is 1. The average molecular weight is 993 g/mol. The molecular formula is C59H92O12. The molecule has 1 heterocycles. The summed E-state index contributed by atoms with van der Waals surface area (Å²) in [5.74, 6) is -3.37. The van der Waals surface area contributed by atoms with E-state index in [4.69, 9.17) is 23.7 Å². The number of carboxylic acids is 1. The van der Waals surface area contributed by atoms with Crippen LogP contribution < -0.4 is 0 Å². The van der Waals surface area contributed by atoms with E-state index < -0.39 is 67.3 Å². The van der Waals surface area contributed by atoms with Gasteiger partial charge < -0.3 is 39.0 Å². The number of hydrogen-bond donors (Lipinski definition) is 3. The summed E-state index contributed by atoms with van der Waals surface area (Å²) in [6.45, 7) is 5.61. The molecule has 0 amide bonds. The average Bonchev–Trinajstić information content (AvgIpc) is 3.35. The van der Waals surface area contributed by atoms with Crippen molar-refractivity contribution in [1.29, 1.82) is 0 Å². The van der Waals surface area contributed by atoms with Crippen molar-refractivity contribution in [2.45, 2.75) is 225 Å². The summed E-state index contributed by atoms with van der Waals surface area (Å²) in [7, 11) is 0. The number of aliphatic hydroxyl groups excluding tert-OH is 2. The molecule has 71 heavy (non-hydrogen) atoms. The first-order valence-corrected chi connectivity index (χ1v) is 26.9. The fourth-order valence-electron chi connectivity index (χ4n) is 7.27. The fourth-order valence-corrected chi connectivity index (χ4v) is 7.27. The Bertz CT molecular complexity index is 1650. The highest BCUT2D eigenvalue weighted by Gasteiger charge is 2.50. The lowest BCUT2D eigenvalue weighted by Gasteiger charge is -2.40. The molecule has 400 valence electrons. The van der Waals surface area contributed by atoms with Crippen molar-refractivity contribution in [2.24, 2.45) is 0 Å². The van der Waals surface area contributed by atoms with Gasteiger partial charge in [-0.05, 0) is 96.3 Å². The summed E-state index contributed by atoms with van der Waals surface area (Å²) in [6.07, 6.45) is 49.7. The van der Waals surface area contributed by atoms with Gasteiger partial charge in [0.25, 0.3) is 0 Å². The number of allylic oxidation sites excluding steroid dienone is 18. The quantitative estimate of drug-likeness (QED) is 0.0229. The number of esters is 3. The Balaban J connectivity index is 2.81. The van der Waals surface area contributed by atoms with E-state index in [-0.39, 0.29) is 25.9 Å². The highest BCUT2D eigenvalue weighted by atomic mass is 16.7.